The van der Waals surface area contributed by atoms with Gasteiger partial charge < -0.3 is 10.1 Å². The monoisotopic (exact) mass is 310 g/mol. The summed E-state index contributed by atoms with van der Waals surface area (Å²) < 4.78 is 4.93. The molecule has 0 aliphatic heterocycles. The van der Waals surface area contributed by atoms with E-state index in [-0.39, 0.29) is 5.97 Å². The van der Waals surface area contributed by atoms with Crippen molar-refractivity contribution in [2.45, 2.75) is 65.3 Å². The number of hydrogen-bond acceptors (Lipinski definition) is 5. The summed E-state index contributed by atoms with van der Waals surface area (Å²) >= 11 is 1.63. The predicted molar refractivity (Wildman–Crippen MR) is 86.7 cm³/mol. The second-order valence-electron chi connectivity index (χ2n) is 6.53. The van der Waals surface area contributed by atoms with E-state index in [0.717, 1.165) is 10.8 Å². The number of esters is 1. The Kier molecular flexibility index (Phi) is 5.62. The number of thiazole rings is 1. The van der Waals surface area contributed by atoms with Gasteiger partial charge in [-0.1, -0.05) is 13.8 Å². The summed E-state index contributed by atoms with van der Waals surface area (Å²) in [7, 11) is 0. The van der Waals surface area contributed by atoms with Crippen molar-refractivity contribution in [2.24, 2.45) is 5.41 Å². The molecule has 0 aromatic carbocycles. The number of carbonyl (C=O) groups excluding carboxylic acids is 1. The first-order chi connectivity index (χ1) is 9.98. The van der Waals surface area contributed by atoms with Gasteiger partial charge in [0.25, 0.3) is 0 Å². The number of rotatable bonds is 6. The summed E-state index contributed by atoms with van der Waals surface area (Å²) in [6, 6.07) is 0.544. The van der Waals surface area contributed by atoms with Crippen LogP contribution in [0.3, 0.4) is 0 Å². The van der Waals surface area contributed by atoms with Crippen molar-refractivity contribution >= 4 is 22.4 Å². The summed E-state index contributed by atoms with van der Waals surface area (Å²) in [4.78, 5) is 15.9. The van der Waals surface area contributed by atoms with E-state index in [0.29, 0.717) is 30.9 Å². The maximum atomic E-state index is 11.3. The molecule has 1 aliphatic rings. The maximum absolute atomic E-state index is 11.3. The van der Waals surface area contributed by atoms with E-state index < -0.39 is 0 Å². The second kappa shape index (κ2) is 7.25. The van der Waals surface area contributed by atoms with Crippen molar-refractivity contribution in [3.05, 3.63) is 11.1 Å². The van der Waals surface area contributed by atoms with Gasteiger partial charge in [0.15, 0.2) is 5.13 Å². The number of hydrogen-bond donors (Lipinski definition) is 1. The lowest BCUT2D eigenvalue weighted by Gasteiger charge is -2.34. The Balaban J connectivity index is 1.77. The van der Waals surface area contributed by atoms with Crippen LogP contribution in [-0.4, -0.2) is 23.6 Å². The van der Waals surface area contributed by atoms with Gasteiger partial charge in [-0.2, -0.15) is 0 Å². The van der Waals surface area contributed by atoms with Gasteiger partial charge in [0, 0.05) is 17.8 Å². The summed E-state index contributed by atoms with van der Waals surface area (Å²) in [5.41, 5.74) is 1.47. The molecule has 2 rings (SSSR count). The zero-order valence-corrected chi connectivity index (χ0v) is 14.1. The number of nitrogens with one attached hydrogen (secondary N) is 1. The zero-order chi connectivity index (χ0) is 15.3. The van der Waals surface area contributed by atoms with Crippen LogP contribution < -0.4 is 5.32 Å². The molecule has 1 fully saturated rings. The van der Waals surface area contributed by atoms with Crippen molar-refractivity contribution in [1.29, 1.82) is 0 Å². The first-order valence-corrected chi connectivity index (χ1v) is 8.73. The fourth-order valence-electron chi connectivity index (χ4n) is 2.67. The molecule has 1 N–H and O–H groups in total. The Labute approximate surface area is 131 Å². The van der Waals surface area contributed by atoms with E-state index in [9.17, 15) is 4.79 Å². The highest BCUT2D eigenvalue weighted by Crippen LogP contribution is 2.36. The fraction of sp³-hybridized carbons (Fsp3) is 0.750. The quantitative estimate of drug-likeness (QED) is 0.806. The molecule has 1 aliphatic carbocycles. The van der Waals surface area contributed by atoms with Gasteiger partial charge in [-0.15, -0.1) is 11.3 Å². The van der Waals surface area contributed by atoms with Crippen LogP contribution in [0.1, 0.15) is 58.6 Å². The molecular weight excluding hydrogens is 284 g/mol. The van der Waals surface area contributed by atoms with Crippen LogP contribution in [0.5, 0.6) is 0 Å². The minimum Gasteiger partial charge on any atom is -0.466 e. The number of ether oxygens (including phenoxy) is 1. The highest BCUT2D eigenvalue weighted by Gasteiger charge is 2.27. The number of carbonyl (C=O) groups is 1. The van der Waals surface area contributed by atoms with Gasteiger partial charge in [-0.05, 0) is 38.0 Å². The molecule has 0 spiro atoms. The summed E-state index contributed by atoms with van der Waals surface area (Å²) in [6.07, 6.45) is 6.04. The lowest BCUT2D eigenvalue weighted by atomic mass is 9.76. The lowest BCUT2D eigenvalue weighted by molar-refractivity contribution is -0.143. The Morgan fingerprint density at radius 2 is 2.19 bits per heavy atom. The third kappa shape index (κ3) is 5.30. The molecule has 21 heavy (non-hydrogen) atoms. The third-order valence-electron chi connectivity index (χ3n) is 4.11. The summed E-state index contributed by atoms with van der Waals surface area (Å²) in [5.74, 6) is -0.144. The number of aryl methyl sites for hydroxylation is 1. The Morgan fingerprint density at radius 3 is 2.86 bits per heavy atom. The Bertz CT molecular complexity index is 461. The predicted octanol–water partition coefficient (Wildman–Crippen LogP) is 4.02. The zero-order valence-electron chi connectivity index (χ0n) is 13.3. The van der Waals surface area contributed by atoms with Crippen LogP contribution in [-0.2, 0) is 16.0 Å². The van der Waals surface area contributed by atoms with Crippen LogP contribution in [0, 0.1) is 5.41 Å². The van der Waals surface area contributed by atoms with E-state index in [1.54, 1.807) is 11.3 Å². The largest absolute Gasteiger partial charge is 0.466 e. The normalized spacial score (nSPS) is 18.4. The average Bonchev–Trinajstić information content (AvgIpc) is 2.87. The molecule has 0 atom stereocenters. The molecule has 1 aromatic heterocycles. The fourth-order valence-corrected chi connectivity index (χ4v) is 3.49. The molecule has 0 amide bonds. The van der Waals surface area contributed by atoms with Gasteiger partial charge in [0.2, 0.25) is 0 Å². The van der Waals surface area contributed by atoms with Gasteiger partial charge in [-0.3, -0.25) is 4.79 Å². The van der Waals surface area contributed by atoms with Crippen molar-refractivity contribution < 1.29 is 9.53 Å². The molecule has 5 heteroatoms. The third-order valence-corrected chi connectivity index (χ3v) is 4.93. The van der Waals surface area contributed by atoms with Gasteiger partial charge in [0.1, 0.15) is 0 Å². The van der Waals surface area contributed by atoms with Crippen LogP contribution in [0.2, 0.25) is 0 Å². The summed E-state index contributed by atoms with van der Waals surface area (Å²) in [6.45, 7) is 6.97. The number of aromatic nitrogens is 1. The first kappa shape index (κ1) is 16.3. The molecule has 0 radical (unpaired) electrons. The molecule has 1 saturated carbocycles. The van der Waals surface area contributed by atoms with Crippen LogP contribution in [0.25, 0.3) is 0 Å². The molecule has 118 valence electrons. The van der Waals surface area contributed by atoms with E-state index in [1.165, 1.54) is 25.7 Å². The molecule has 0 saturated heterocycles. The van der Waals surface area contributed by atoms with Crippen molar-refractivity contribution in [1.82, 2.24) is 4.98 Å². The number of anilines is 1. The molecule has 0 unspecified atom stereocenters. The van der Waals surface area contributed by atoms with E-state index in [1.807, 2.05) is 12.3 Å². The Morgan fingerprint density at radius 1 is 1.48 bits per heavy atom. The van der Waals surface area contributed by atoms with Crippen LogP contribution in [0.15, 0.2) is 5.38 Å². The molecule has 1 aromatic rings. The van der Waals surface area contributed by atoms with Gasteiger partial charge in [-0.25, -0.2) is 4.98 Å². The molecule has 4 nitrogen and oxygen atoms in total. The van der Waals surface area contributed by atoms with E-state index >= 15 is 0 Å². The average molecular weight is 310 g/mol. The van der Waals surface area contributed by atoms with Crippen molar-refractivity contribution in [3.63, 3.8) is 0 Å². The maximum Gasteiger partial charge on any atom is 0.306 e. The number of nitrogens with zero attached hydrogens (tertiary/aromatic N) is 1. The smallest absolute Gasteiger partial charge is 0.306 e. The Hall–Kier alpha value is -1.10. The molecule has 0 bridgehead atoms. The van der Waals surface area contributed by atoms with Crippen molar-refractivity contribution in [3.8, 4) is 0 Å². The molecular formula is C16H26N2O2S. The topological polar surface area (TPSA) is 51.2 Å². The summed E-state index contributed by atoms with van der Waals surface area (Å²) in [5, 5.41) is 6.56. The minimum absolute atomic E-state index is 0.144. The van der Waals surface area contributed by atoms with Crippen LogP contribution in [0.4, 0.5) is 5.13 Å². The highest BCUT2D eigenvalue weighted by atomic mass is 32.1. The van der Waals surface area contributed by atoms with E-state index in [4.69, 9.17) is 4.74 Å². The lowest BCUT2D eigenvalue weighted by Crippen LogP contribution is -2.29. The van der Waals surface area contributed by atoms with Crippen molar-refractivity contribution in [2.75, 3.05) is 11.9 Å². The van der Waals surface area contributed by atoms with E-state index in [2.05, 4.69) is 24.1 Å². The molecule has 1 heterocycles. The van der Waals surface area contributed by atoms with Crippen LogP contribution >= 0.6 is 11.3 Å². The SMILES string of the molecule is CCOC(=O)CCc1csc(NC2CCC(C)(C)CC2)n1. The minimum atomic E-state index is -0.144. The highest BCUT2D eigenvalue weighted by molar-refractivity contribution is 7.13. The standard InChI is InChI=1S/C16H26N2O2S/c1-4-20-14(19)6-5-13-11-21-15(18-13)17-12-7-9-16(2,3)10-8-12/h11-12H,4-10H2,1-3H3,(H,17,18). The second-order valence-corrected chi connectivity index (χ2v) is 7.39. The first-order valence-electron chi connectivity index (χ1n) is 7.85. The van der Waals surface area contributed by atoms with Gasteiger partial charge in [0.05, 0.1) is 18.7 Å². The van der Waals surface area contributed by atoms with Gasteiger partial charge >= 0.3 is 5.97 Å².